The maximum Gasteiger partial charge on any atom is 0.132 e. The van der Waals surface area contributed by atoms with Gasteiger partial charge in [-0.1, -0.05) is 0 Å². The highest BCUT2D eigenvalue weighted by atomic mass is 79.9. The molecule has 4 heteroatoms. The van der Waals surface area contributed by atoms with E-state index in [4.69, 9.17) is 5.26 Å². The molecule has 0 amide bonds. The second-order valence-corrected chi connectivity index (χ2v) is 4.86. The summed E-state index contributed by atoms with van der Waals surface area (Å²) in [5, 5.41) is 8.77. The largest absolute Gasteiger partial charge is 0.329 e. The molecule has 0 spiro atoms. The Labute approximate surface area is 115 Å². The molecule has 0 unspecified atom stereocenters. The minimum Gasteiger partial charge on any atom is -0.329 e. The maximum atomic E-state index is 8.77. The van der Waals surface area contributed by atoms with Gasteiger partial charge in [0.25, 0.3) is 0 Å². The summed E-state index contributed by atoms with van der Waals surface area (Å²) in [6.07, 6.45) is 1.80. The van der Waals surface area contributed by atoms with Crippen LogP contribution < -0.4 is 4.90 Å². The first-order chi connectivity index (χ1) is 8.61. The zero-order valence-corrected chi connectivity index (χ0v) is 11.8. The van der Waals surface area contributed by atoms with Gasteiger partial charge >= 0.3 is 0 Å². The molecule has 0 aliphatic heterocycles. The predicted molar refractivity (Wildman–Crippen MR) is 75.9 cm³/mol. The Hall–Kier alpha value is -1.86. The van der Waals surface area contributed by atoms with E-state index in [9.17, 15) is 0 Å². The van der Waals surface area contributed by atoms with Crippen molar-refractivity contribution >= 4 is 27.4 Å². The van der Waals surface area contributed by atoms with Gasteiger partial charge in [0.15, 0.2) is 0 Å². The van der Waals surface area contributed by atoms with Crippen molar-refractivity contribution in [3.8, 4) is 6.07 Å². The van der Waals surface area contributed by atoms with Crippen LogP contribution >= 0.6 is 15.9 Å². The average Bonchev–Trinajstić information content (AvgIpc) is 2.41. The van der Waals surface area contributed by atoms with Crippen LogP contribution in [0.2, 0.25) is 0 Å². The lowest BCUT2D eigenvalue weighted by atomic mass is 10.2. The lowest BCUT2D eigenvalue weighted by Crippen LogP contribution is -2.11. The maximum absolute atomic E-state index is 8.77. The van der Waals surface area contributed by atoms with Gasteiger partial charge in [-0.3, -0.25) is 0 Å². The van der Waals surface area contributed by atoms with Gasteiger partial charge in [0, 0.05) is 23.4 Å². The minimum absolute atomic E-state index is 0.659. The van der Waals surface area contributed by atoms with Crippen LogP contribution in [-0.2, 0) is 0 Å². The molecule has 18 heavy (non-hydrogen) atoms. The van der Waals surface area contributed by atoms with E-state index in [2.05, 4.69) is 27.0 Å². The number of rotatable bonds is 2. The molecule has 3 nitrogen and oxygen atoms in total. The SMILES string of the molecule is Cc1cc(N(C)c2ccc(C#N)cc2)ncc1Br. The molecule has 0 saturated heterocycles. The predicted octanol–water partition coefficient (Wildman–Crippen LogP) is 3.79. The number of aromatic nitrogens is 1. The summed E-state index contributed by atoms with van der Waals surface area (Å²) in [5.41, 5.74) is 2.80. The van der Waals surface area contributed by atoms with E-state index in [1.165, 1.54) is 0 Å². The summed E-state index contributed by atoms with van der Waals surface area (Å²) in [6, 6.07) is 11.6. The monoisotopic (exact) mass is 301 g/mol. The fourth-order valence-corrected chi connectivity index (χ4v) is 1.82. The second-order valence-electron chi connectivity index (χ2n) is 4.01. The van der Waals surface area contributed by atoms with Crippen LogP contribution in [0.1, 0.15) is 11.1 Å². The lowest BCUT2D eigenvalue weighted by molar-refractivity contribution is 1.11. The van der Waals surface area contributed by atoms with Crippen LogP contribution in [0, 0.1) is 18.3 Å². The highest BCUT2D eigenvalue weighted by molar-refractivity contribution is 9.10. The number of nitrogens with zero attached hydrogens (tertiary/aromatic N) is 3. The molecule has 1 aromatic carbocycles. The average molecular weight is 302 g/mol. The van der Waals surface area contributed by atoms with Crippen molar-refractivity contribution in [1.29, 1.82) is 5.26 Å². The Kier molecular flexibility index (Phi) is 3.63. The quantitative estimate of drug-likeness (QED) is 0.847. The third kappa shape index (κ3) is 2.52. The standard InChI is InChI=1S/C14H12BrN3/c1-10-7-14(17-9-13(10)15)18(2)12-5-3-11(8-16)4-6-12/h3-7,9H,1-2H3. The van der Waals surface area contributed by atoms with Crippen molar-refractivity contribution in [2.75, 3.05) is 11.9 Å². The molecule has 0 atom stereocenters. The Morgan fingerprint density at radius 1 is 1.28 bits per heavy atom. The fraction of sp³-hybridized carbons (Fsp3) is 0.143. The summed E-state index contributed by atoms with van der Waals surface area (Å²) >= 11 is 3.44. The van der Waals surface area contributed by atoms with Gasteiger partial charge in [0.1, 0.15) is 5.82 Å². The second kappa shape index (κ2) is 5.19. The molecular formula is C14H12BrN3. The van der Waals surface area contributed by atoms with Crippen LogP contribution in [0.4, 0.5) is 11.5 Å². The third-order valence-corrected chi connectivity index (χ3v) is 3.59. The molecule has 1 aromatic heterocycles. The molecule has 0 fully saturated rings. The van der Waals surface area contributed by atoms with E-state index in [1.54, 1.807) is 18.3 Å². The van der Waals surface area contributed by atoms with Crippen LogP contribution in [0.5, 0.6) is 0 Å². The van der Waals surface area contributed by atoms with E-state index in [1.807, 2.05) is 37.1 Å². The summed E-state index contributed by atoms with van der Waals surface area (Å²) < 4.78 is 1.000. The molecule has 2 aromatic rings. The van der Waals surface area contributed by atoms with Crippen molar-refractivity contribution in [2.45, 2.75) is 6.92 Å². The van der Waals surface area contributed by atoms with Gasteiger partial charge in [0.05, 0.1) is 11.6 Å². The third-order valence-electron chi connectivity index (χ3n) is 2.76. The number of aryl methyl sites for hydroxylation is 1. The van der Waals surface area contributed by atoms with Crippen LogP contribution in [0.3, 0.4) is 0 Å². The Bertz CT molecular complexity index is 599. The number of pyridine rings is 1. The summed E-state index contributed by atoms with van der Waals surface area (Å²) in [6.45, 7) is 2.03. The Morgan fingerprint density at radius 2 is 1.94 bits per heavy atom. The normalized spacial score (nSPS) is 9.89. The van der Waals surface area contributed by atoms with Crippen molar-refractivity contribution in [3.05, 3.63) is 52.1 Å². The molecular weight excluding hydrogens is 290 g/mol. The van der Waals surface area contributed by atoms with Crippen LogP contribution in [0.15, 0.2) is 41.0 Å². The lowest BCUT2D eigenvalue weighted by Gasteiger charge is -2.19. The summed E-state index contributed by atoms with van der Waals surface area (Å²) in [4.78, 5) is 6.36. The van der Waals surface area contributed by atoms with Crippen molar-refractivity contribution < 1.29 is 0 Å². The molecule has 0 aliphatic carbocycles. The Morgan fingerprint density at radius 3 is 2.50 bits per heavy atom. The number of nitriles is 1. The minimum atomic E-state index is 0.659. The fourth-order valence-electron chi connectivity index (χ4n) is 1.60. The van der Waals surface area contributed by atoms with E-state index in [0.29, 0.717) is 5.56 Å². The van der Waals surface area contributed by atoms with Crippen LogP contribution in [-0.4, -0.2) is 12.0 Å². The van der Waals surface area contributed by atoms with Gasteiger partial charge in [0.2, 0.25) is 0 Å². The number of benzene rings is 1. The molecule has 2 rings (SSSR count). The molecule has 0 bridgehead atoms. The first-order valence-corrected chi connectivity index (χ1v) is 6.27. The van der Waals surface area contributed by atoms with E-state index in [0.717, 1.165) is 21.5 Å². The molecule has 90 valence electrons. The number of halogens is 1. The highest BCUT2D eigenvalue weighted by Crippen LogP contribution is 2.25. The van der Waals surface area contributed by atoms with Crippen molar-refractivity contribution in [3.63, 3.8) is 0 Å². The zero-order chi connectivity index (χ0) is 13.1. The topological polar surface area (TPSA) is 39.9 Å². The number of hydrogen-bond donors (Lipinski definition) is 0. The van der Waals surface area contributed by atoms with Gasteiger partial charge in [-0.15, -0.1) is 0 Å². The molecule has 0 aliphatic rings. The number of anilines is 2. The first-order valence-electron chi connectivity index (χ1n) is 5.48. The van der Waals surface area contributed by atoms with E-state index >= 15 is 0 Å². The molecule has 0 radical (unpaired) electrons. The summed E-state index contributed by atoms with van der Waals surface area (Å²) in [7, 11) is 1.96. The highest BCUT2D eigenvalue weighted by Gasteiger charge is 2.06. The molecule has 1 heterocycles. The van der Waals surface area contributed by atoms with E-state index < -0.39 is 0 Å². The Balaban J connectivity index is 2.32. The summed E-state index contributed by atoms with van der Waals surface area (Å²) in [5.74, 6) is 0.875. The molecule has 0 N–H and O–H groups in total. The first kappa shape index (κ1) is 12.6. The van der Waals surface area contributed by atoms with Crippen molar-refractivity contribution in [1.82, 2.24) is 4.98 Å². The zero-order valence-electron chi connectivity index (χ0n) is 10.2. The van der Waals surface area contributed by atoms with Gasteiger partial charge < -0.3 is 4.90 Å². The molecule has 0 saturated carbocycles. The van der Waals surface area contributed by atoms with Gasteiger partial charge in [-0.2, -0.15) is 5.26 Å². The van der Waals surface area contributed by atoms with Crippen LogP contribution in [0.25, 0.3) is 0 Å². The van der Waals surface area contributed by atoms with Gasteiger partial charge in [-0.05, 0) is 58.7 Å². The smallest absolute Gasteiger partial charge is 0.132 e. The van der Waals surface area contributed by atoms with Crippen molar-refractivity contribution in [2.24, 2.45) is 0 Å². The van der Waals surface area contributed by atoms with E-state index in [-0.39, 0.29) is 0 Å². The number of hydrogen-bond acceptors (Lipinski definition) is 3. The van der Waals surface area contributed by atoms with Gasteiger partial charge in [-0.25, -0.2) is 4.98 Å².